The summed E-state index contributed by atoms with van der Waals surface area (Å²) in [5, 5.41) is 9.10. The molecule has 1 heterocycles. The Kier molecular flexibility index (Phi) is 4.33. The van der Waals surface area contributed by atoms with Crippen molar-refractivity contribution in [1.82, 2.24) is 15.1 Å². The van der Waals surface area contributed by atoms with Crippen molar-refractivity contribution in [3.05, 3.63) is 16.4 Å². The van der Waals surface area contributed by atoms with Gasteiger partial charge in [-0.05, 0) is 63.3 Å². The molecular weight excluding hydrogens is 282 g/mol. The molecular formula is C17H28ClN3. The van der Waals surface area contributed by atoms with Gasteiger partial charge in [0.25, 0.3) is 0 Å². The van der Waals surface area contributed by atoms with E-state index in [0.717, 1.165) is 48.5 Å². The summed E-state index contributed by atoms with van der Waals surface area (Å²) in [6, 6.07) is 0. The van der Waals surface area contributed by atoms with E-state index < -0.39 is 0 Å². The van der Waals surface area contributed by atoms with E-state index in [1.165, 1.54) is 31.4 Å². The third-order valence-electron chi connectivity index (χ3n) is 5.84. The Labute approximate surface area is 133 Å². The molecule has 2 aliphatic carbocycles. The minimum Gasteiger partial charge on any atom is -0.319 e. The van der Waals surface area contributed by atoms with Crippen molar-refractivity contribution in [2.45, 2.75) is 58.9 Å². The van der Waals surface area contributed by atoms with Crippen molar-refractivity contribution in [2.24, 2.45) is 17.3 Å². The molecule has 21 heavy (non-hydrogen) atoms. The largest absolute Gasteiger partial charge is 0.319 e. The van der Waals surface area contributed by atoms with Crippen molar-refractivity contribution < 1.29 is 0 Å². The van der Waals surface area contributed by atoms with Crippen LogP contribution in [0.2, 0.25) is 5.02 Å². The third kappa shape index (κ3) is 2.53. The minimum absolute atomic E-state index is 0.402. The summed E-state index contributed by atoms with van der Waals surface area (Å²) in [7, 11) is 2.09. The Morgan fingerprint density at radius 3 is 2.71 bits per heavy atom. The van der Waals surface area contributed by atoms with Crippen LogP contribution in [0.25, 0.3) is 0 Å². The first-order valence-electron chi connectivity index (χ1n) is 8.52. The van der Waals surface area contributed by atoms with Gasteiger partial charge in [-0.25, -0.2) is 0 Å². The summed E-state index contributed by atoms with van der Waals surface area (Å²) in [5.41, 5.74) is 2.74. The van der Waals surface area contributed by atoms with Crippen LogP contribution in [0.1, 0.15) is 50.9 Å². The maximum atomic E-state index is 6.65. The predicted molar refractivity (Wildman–Crippen MR) is 87.8 cm³/mol. The molecule has 0 amide bonds. The van der Waals surface area contributed by atoms with Gasteiger partial charge < -0.3 is 5.32 Å². The first kappa shape index (κ1) is 15.4. The number of hydrogen-bond acceptors (Lipinski definition) is 2. The summed E-state index contributed by atoms with van der Waals surface area (Å²) in [6.45, 7) is 6.33. The van der Waals surface area contributed by atoms with Crippen LogP contribution in [-0.4, -0.2) is 23.4 Å². The van der Waals surface area contributed by atoms with Crippen LogP contribution < -0.4 is 5.32 Å². The van der Waals surface area contributed by atoms with Gasteiger partial charge in [0, 0.05) is 13.1 Å². The van der Waals surface area contributed by atoms with Gasteiger partial charge in [0.2, 0.25) is 0 Å². The van der Waals surface area contributed by atoms with E-state index in [-0.39, 0.29) is 0 Å². The fraction of sp³-hybridized carbons (Fsp3) is 0.824. The van der Waals surface area contributed by atoms with Crippen LogP contribution in [0.3, 0.4) is 0 Å². The van der Waals surface area contributed by atoms with E-state index in [0.29, 0.717) is 5.41 Å². The summed E-state index contributed by atoms with van der Waals surface area (Å²) in [5.74, 6) is 1.82. The van der Waals surface area contributed by atoms with Gasteiger partial charge in [0.1, 0.15) is 0 Å². The highest BCUT2D eigenvalue weighted by Gasteiger charge is 2.50. The van der Waals surface area contributed by atoms with Gasteiger partial charge in [-0.1, -0.05) is 24.9 Å². The maximum absolute atomic E-state index is 6.65. The lowest BCUT2D eigenvalue weighted by Gasteiger charge is -2.38. The summed E-state index contributed by atoms with van der Waals surface area (Å²) in [4.78, 5) is 0. The number of rotatable bonds is 6. The van der Waals surface area contributed by atoms with E-state index >= 15 is 0 Å². The zero-order chi connectivity index (χ0) is 15.0. The van der Waals surface area contributed by atoms with E-state index in [1.807, 2.05) is 0 Å². The van der Waals surface area contributed by atoms with Gasteiger partial charge in [-0.3, -0.25) is 4.68 Å². The minimum atomic E-state index is 0.402. The van der Waals surface area contributed by atoms with Crippen LogP contribution in [0.4, 0.5) is 0 Å². The van der Waals surface area contributed by atoms with Crippen LogP contribution in [0.5, 0.6) is 0 Å². The highest BCUT2D eigenvalue weighted by Crippen LogP contribution is 2.57. The monoisotopic (exact) mass is 309 g/mol. The Hall–Kier alpha value is -0.540. The molecule has 4 heteroatoms. The number of nitrogens with zero attached hydrogens (tertiary/aromatic N) is 2. The first-order valence-corrected chi connectivity index (χ1v) is 8.90. The summed E-state index contributed by atoms with van der Waals surface area (Å²) in [6.07, 6.45) is 7.66. The Morgan fingerprint density at radius 2 is 2.19 bits per heavy atom. The van der Waals surface area contributed by atoms with E-state index in [4.69, 9.17) is 16.7 Å². The van der Waals surface area contributed by atoms with Crippen molar-refractivity contribution in [3.63, 3.8) is 0 Å². The predicted octanol–water partition coefficient (Wildman–Crippen LogP) is 3.69. The van der Waals surface area contributed by atoms with Crippen molar-refractivity contribution in [2.75, 3.05) is 13.6 Å². The number of aryl methyl sites for hydroxylation is 2. The molecule has 0 spiro atoms. The maximum Gasteiger partial charge on any atom is 0.0850 e. The summed E-state index contributed by atoms with van der Waals surface area (Å²) >= 11 is 6.65. The van der Waals surface area contributed by atoms with Crippen LogP contribution in [-0.2, 0) is 19.4 Å². The molecule has 3 rings (SSSR count). The molecule has 2 aliphatic rings. The average molecular weight is 310 g/mol. The SMILES string of the molecule is CCc1nn(CC)c(CC2(CNC)CC3CCC2C3)c1Cl. The van der Waals surface area contributed by atoms with Gasteiger partial charge in [-0.15, -0.1) is 0 Å². The molecule has 1 N–H and O–H groups in total. The van der Waals surface area contributed by atoms with Gasteiger partial charge in [0.05, 0.1) is 16.4 Å². The fourth-order valence-electron chi connectivity index (χ4n) is 4.93. The Bertz CT molecular complexity index is 510. The molecule has 3 atom stereocenters. The first-order chi connectivity index (χ1) is 10.1. The van der Waals surface area contributed by atoms with E-state index in [2.05, 4.69) is 30.9 Å². The Morgan fingerprint density at radius 1 is 1.38 bits per heavy atom. The highest BCUT2D eigenvalue weighted by atomic mass is 35.5. The lowest BCUT2D eigenvalue weighted by Crippen LogP contribution is -2.40. The smallest absolute Gasteiger partial charge is 0.0850 e. The van der Waals surface area contributed by atoms with E-state index in [1.54, 1.807) is 0 Å². The zero-order valence-electron chi connectivity index (χ0n) is 13.6. The second-order valence-electron chi connectivity index (χ2n) is 7.03. The molecule has 0 radical (unpaired) electrons. The molecule has 0 saturated heterocycles. The molecule has 2 bridgehead atoms. The lowest BCUT2D eigenvalue weighted by molar-refractivity contribution is 0.156. The van der Waals surface area contributed by atoms with Crippen molar-refractivity contribution >= 4 is 11.6 Å². The molecule has 1 aromatic heterocycles. The number of hydrogen-bond donors (Lipinski definition) is 1. The third-order valence-corrected chi connectivity index (χ3v) is 6.28. The number of nitrogens with one attached hydrogen (secondary N) is 1. The quantitative estimate of drug-likeness (QED) is 0.868. The van der Waals surface area contributed by atoms with Crippen molar-refractivity contribution in [1.29, 1.82) is 0 Å². The molecule has 2 saturated carbocycles. The topological polar surface area (TPSA) is 29.9 Å². The molecule has 1 aromatic rings. The Balaban J connectivity index is 1.92. The summed E-state index contributed by atoms with van der Waals surface area (Å²) < 4.78 is 2.14. The van der Waals surface area contributed by atoms with Crippen molar-refractivity contribution in [3.8, 4) is 0 Å². The fourth-order valence-corrected chi connectivity index (χ4v) is 5.26. The number of halogens is 1. The van der Waals surface area contributed by atoms with Gasteiger partial charge >= 0.3 is 0 Å². The molecule has 2 fully saturated rings. The lowest BCUT2D eigenvalue weighted by atomic mass is 9.70. The van der Waals surface area contributed by atoms with Gasteiger partial charge in [-0.2, -0.15) is 5.10 Å². The van der Waals surface area contributed by atoms with Gasteiger partial charge in [0.15, 0.2) is 0 Å². The molecule has 0 aromatic carbocycles. The van der Waals surface area contributed by atoms with Crippen LogP contribution in [0.15, 0.2) is 0 Å². The number of aromatic nitrogens is 2. The van der Waals surface area contributed by atoms with E-state index in [9.17, 15) is 0 Å². The zero-order valence-corrected chi connectivity index (χ0v) is 14.3. The molecule has 118 valence electrons. The van der Waals surface area contributed by atoms with Crippen LogP contribution >= 0.6 is 11.6 Å². The molecule has 3 unspecified atom stereocenters. The highest BCUT2D eigenvalue weighted by molar-refractivity contribution is 6.31. The van der Waals surface area contributed by atoms with Crippen LogP contribution in [0, 0.1) is 17.3 Å². The average Bonchev–Trinajstić information content (AvgIpc) is 3.14. The standard InChI is InChI=1S/C17H28ClN3/c1-4-14-16(18)15(21(5-2)20-14)10-17(11-19-3)9-12-6-7-13(17)8-12/h12-13,19H,4-11H2,1-3H3. The number of fused-ring (bicyclic) bond motifs is 2. The second kappa shape index (κ2) is 5.92. The molecule has 0 aliphatic heterocycles. The second-order valence-corrected chi connectivity index (χ2v) is 7.40. The normalized spacial score (nSPS) is 31.2. The molecule has 3 nitrogen and oxygen atoms in total.